The second-order valence-electron chi connectivity index (χ2n) is 7.65. The van der Waals surface area contributed by atoms with E-state index in [2.05, 4.69) is 12.1 Å². The summed E-state index contributed by atoms with van der Waals surface area (Å²) in [5.74, 6) is 0.0152. The molecule has 2 aliphatic carbocycles. The van der Waals surface area contributed by atoms with Crippen molar-refractivity contribution in [1.82, 2.24) is 0 Å². The van der Waals surface area contributed by atoms with Crippen LogP contribution in [0.2, 0.25) is 0 Å². The molecule has 2 fully saturated rings. The van der Waals surface area contributed by atoms with Crippen LogP contribution in [0.25, 0.3) is 0 Å². The fourth-order valence-corrected chi connectivity index (χ4v) is 4.16. The summed E-state index contributed by atoms with van der Waals surface area (Å²) in [6, 6.07) is 0. The van der Waals surface area contributed by atoms with Crippen LogP contribution >= 0.6 is 0 Å². The molecule has 26 heavy (non-hydrogen) atoms. The minimum atomic E-state index is -0.822. The normalized spacial score (nSPS) is 30.8. The fourth-order valence-electron chi connectivity index (χ4n) is 4.16. The van der Waals surface area contributed by atoms with Gasteiger partial charge in [-0.25, -0.2) is 0 Å². The standard InChI is InChI=1S/C20H33NO5/c1-2-3-4-6-16(22)8-9-17-18-13-15(11-14(18)12-19(17)23)21-26-10-5-7-20(24)25/h8-9,14,16-19,22-23H,2-7,10-13H2,1H3,(H,24,25)/b9-8?,21-15-/t14-,16?,17+,18+,19+/m0/s1. The Morgan fingerprint density at radius 2 is 2.15 bits per heavy atom. The van der Waals surface area contributed by atoms with Crippen molar-refractivity contribution < 1.29 is 25.0 Å². The van der Waals surface area contributed by atoms with Gasteiger partial charge in [-0.05, 0) is 43.9 Å². The molecule has 0 aliphatic heterocycles. The van der Waals surface area contributed by atoms with Crippen LogP contribution < -0.4 is 0 Å². The third-order valence-electron chi connectivity index (χ3n) is 5.54. The maximum atomic E-state index is 10.5. The van der Waals surface area contributed by atoms with Crippen molar-refractivity contribution in [2.75, 3.05) is 6.61 Å². The van der Waals surface area contributed by atoms with Crippen LogP contribution in [0.4, 0.5) is 0 Å². The second kappa shape index (κ2) is 10.7. The average molecular weight is 367 g/mol. The van der Waals surface area contributed by atoms with E-state index in [0.717, 1.165) is 50.7 Å². The number of carbonyl (C=O) groups is 1. The van der Waals surface area contributed by atoms with Crippen molar-refractivity contribution in [2.24, 2.45) is 22.9 Å². The van der Waals surface area contributed by atoms with Gasteiger partial charge >= 0.3 is 5.97 Å². The minimum absolute atomic E-state index is 0.0699. The fraction of sp³-hybridized carbons (Fsp3) is 0.800. The highest BCUT2D eigenvalue weighted by molar-refractivity contribution is 5.86. The SMILES string of the molecule is CCCCCC(O)C=C[C@@H]1[C@@H]2C/C(=N\OCCCC(=O)O)C[C@H]2C[C@H]1O. The van der Waals surface area contributed by atoms with E-state index in [1.165, 1.54) is 0 Å². The van der Waals surface area contributed by atoms with Gasteiger partial charge in [0.1, 0.15) is 6.61 Å². The molecule has 0 saturated heterocycles. The van der Waals surface area contributed by atoms with Crippen LogP contribution in [0.5, 0.6) is 0 Å². The Balaban J connectivity index is 1.79. The first kappa shape index (κ1) is 20.9. The smallest absolute Gasteiger partial charge is 0.303 e. The molecule has 0 heterocycles. The van der Waals surface area contributed by atoms with Crippen molar-refractivity contribution in [2.45, 2.75) is 76.9 Å². The first-order valence-electron chi connectivity index (χ1n) is 9.95. The summed E-state index contributed by atoms with van der Waals surface area (Å²) in [6.45, 7) is 2.47. The number of aliphatic carboxylic acids is 1. The Kier molecular flexibility index (Phi) is 8.59. The molecule has 2 saturated carbocycles. The van der Waals surface area contributed by atoms with Crippen LogP contribution in [0.1, 0.15) is 64.7 Å². The van der Waals surface area contributed by atoms with Gasteiger partial charge in [-0.2, -0.15) is 0 Å². The van der Waals surface area contributed by atoms with Crippen LogP contribution in [0.3, 0.4) is 0 Å². The number of nitrogens with zero attached hydrogens (tertiary/aromatic N) is 1. The molecule has 2 rings (SSSR count). The lowest BCUT2D eigenvalue weighted by atomic mass is 9.90. The number of carboxylic acids is 1. The summed E-state index contributed by atoms with van der Waals surface area (Å²) < 4.78 is 0. The lowest BCUT2D eigenvalue weighted by Gasteiger charge is -2.17. The zero-order chi connectivity index (χ0) is 18.9. The number of fused-ring (bicyclic) bond motifs is 1. The maximum Gasteiger partial charge on any atom is 0.303 e. The molecule has 6 heteroatoms. The summed E-state index contributed by atoms with van der Waals surface area (Å²) in [4.78, 5) is 15.7. The van der Waals surface area contributed by atoms with E-state index in [1.807, 2.05) is 12.2 Å². The first-order valence-corrected chi connectivity index (χ1v) is 9.95. The van der Waals surface area contributed by atoms with Gasteiger partial charge in [-0.1, -0.05) is 43.5 Å². The van der Waals surface area contributed by atoms with Gasteiger partial charge < -0.3 is 20.2 Å². The molecule has 0 aromatic rings. The van der Waals surface area contributed by atoms with Gasteiger partial charge in [0.25, 0.3) is 0 Å². The van der Waals surface area contributed by atoms with E-state index in [0.29, 0.717) is 24.9 Å². The van der Waals surface area contributed by atoms with Gasteiger partial charge in [-0.3, -0.25) is 4.79 Å². The number of hydrogen-bond acceptors (Lipinski definition) is 5. The molecule has 6 nitrogen and oxygen atoms in total. The third-order valence-corrected chi connectivity index (χ3v) is 5.54. The molecular formula is C20H33NO5. The monoisotopic (exact) mass is 367 g/mol. The average Bonchev–Trinajstić information content (AvgIpc) is 3.09. The topological polar surface area (TPSA) is 99.4 Å². The van der Waals surface area contributed by atoms with E-state index in [1.54, 1.807) is 0 Å². The number of unbranched alkanes of at least 4 members (excludes halogenated alkanes) is 2. The summed E-state index contributed by atoms with van der Waals surface area (Å²) in [6.07, 6.45) is 10.1. The predicted molar refractivity (Wildman–Crippen MR) is 99.9 cm³/mol. The molecule has 3 N–H and O–H groups in total. The number of aliphatic hydroxyl groups excluding tert-OH is 2. The van der Waals surface area contributed by atoms with E-state index in [-0.39, 0.29) is 18.4 Å². The highest BCUT2D eigenvalue weighted by Gasteiger charge is 2.46. The van der Waals surface area contributed by atoms with E-state index >= 15 is 0 Å². The van der Waals surface area contributed by atoms with Gasteiger partial charge in [0.2, 0.25) is 0 Å². The predicted octanol–water partition coefficient (Wildman–Crippen LogP) is 3.13. The quantitative estimate of drug-likeness (QED) is 0.296. The maximum absolute atomic E-state index is 10.5. The van der Waals surface area contributed by atoms with Crippen LogP contribution in [0.15, 0.2) is 17.3 Å². The van der Waals surface area contributed by atoms with Crippen LogP contribution in [-0.4, -0.2) is 45.8 Å². The van der Waals surface area contributed by atoms with E-state index in [9.17, 15) is 15.0 Å². The Hall–Kier alpha value is -1.40. The van der Waals surface area contributed by atoms with Crippen molar-refractivity contribution in [3.05, 3.63) is 12.2 Å². The molecule has 5 atom stereocenters. The lowest BCUT2D eigenvalue weighted by molar-refractivity contribution is -0.137. The zero-order valence-electron chi connectivity index (χ0n) is 15.7. The van der Waals surface area contributed by atoms with Gasteiger partial charge in [0, 0.05) is 12.3 Å². The Morgan fingerprint density at radius 1 is 1.35 bits per heavy atom. The number of oxime groups is 1. The van der Waals surface area contributed by atoms with Crippen molar-refractivity contribution >= 4 is 11.7 Å². The summed E-state index contributed by atoms with van der Waals surface area (Å²) >= 11 is 0. The van der Waals surface area contributed by atoms with Gasteiger partial charge in [-0.15, -0.1) is 0 Å². The molecule has 0 bridgehead atoms. The van der Waals surface area contributed by atoms with Gasteiger partial charge in [0.15, 0.2) is 0 Å². The third kappa shape index (κ3) is 6.40. The molecule has 0 aromatic heterocycles. The molecule has 0 radical (unpaired) electrons. The minimum Gasteiger partial charge on any atom is -0.481 e. The van der Waals surface area contributed by atoms with Crippen molar-refractivity contribution in [3.63, 3.8) is 0 Å². The molecule has 2 aliphatic rings. The Labute approximate surface area is 155 Å². The number of aliphatic hydroxyl groups is 2. The van der Waals surface area contributed by atoms with Gasteiger partial charge in [0.05, 0.1) is 17.9 Å². The molecule has 0 spiro atoms. The van der Waals surface area contributed by atoms with Crippen molar-refractivity contribution in [3.8, 4) is 0 Å². The number of rotatable bonds is 11. The molecule has 0 aromatic carbocycles. The Morgan fingerprint density at radius 3 is 2.88 bits per heavy atom. The highest BCUT2D eigenvalue weighted by Crippen LogP contribution is 2.47. The molecule has 0 amide bonds. The Bertz CT molecular complexity index is 504. The first-order chi connectivity index (χ1) is 12.5. The number of carboxylic acid groups (broad SMARTS) is 1. The van der Waals surface area contributed by atoms with Crippen molar-refractivity contribution in [1.29, 1.82) is 0 Å². The second-order valence-corrected chi connectivity index (χ2v) is 7.65. The molecule has 148 valence electrons. The van der Waals surface area contributed by atoms with Crippen LogP contribution in [0, 0.1) is 17.8 Å². The molecular weight excluding hydrogens is 334 g/mol. The number of hydrogen-bond donors (Lipinski definition) is 3. The summed E-state index contributed by atoms with van der Waals surface area (Å²) in [5, 5.41) is 33.2. The summed E-state index contributed by atoms with van der Waals surface area (Å²) in [7, 11) is 0. The highest BCUT2D eigenvalue weighted by atomic mass is 16.6. The van der Waals surface area contributed by atoms with Crippen LogP contribution in [-0.2, 0) is 9.63 Å². The summed E-state index contributed by atoms with van der Waals surface area (Å²) in [5.41, 5.74) is 1.00. The molecule has 1 unspecified atom stereocenters. The van der Waals surface area contributed by atoms with E-state index < -0.39 is 12.1 Å². The largest absolute Gasteiger partial charge is 0.481 e. The lowest BCUT2D eigenvalue weighted by Crippen LogP contribution is -2.18. The zero-order valence-corrected chi connectivity index (χ0v) is 15.7. The van der Waals surface area contributed by atoms with E-state index in [4.69, 9.17) is 9.94 Å².